The largest absolute Gasteiger partial charge is 0.461 e. The molecule has 10 rings (SSSR count). The fourth-order valence-corrected chi connectivity index (χ4v) is 15.6. The third kappa shape index (κ3) is 9.44. The molecule has 70 heavy (non-hydrogen) atoms. The third-order valence-electron chi connectivity index (χ3n) is 14.6. The van der Waals surface area contributed by atoms with Crippen molar-refractivity contribution in [1.82, 2.24) is 4.90 Å². The molecule has 2 unspecified atom stereocenters. The summed E-state index contributed by atoms with van der Waals surface area (Å²) in [6, 6.07) is 35.0. The maximum atomic E-state index is 14.4. The van der Waals surface area contributed by atoms with Crippen molar-refractivity contribution in [2.45, 2.75) is 131 Å². The molecule has 0 spiro atoms. The van der Waals surface area contributed by atoms with Crippen molar-refractivity contribution in [3.63, 3.8) is 0 Å². The molecular weight excluding hydrogens is 939 g/mol. The highest BCUT2D eigenvalue weighted by atomic mass is 32.1. The minimum atomic E-state index is -0.320. The maximum absolute atomic E-state index is 14.4. The highest BCUT2D eigenvalue weighted by Crippen LogP contribution is 2.56. The van der Waals surface area contributed by atoms with E-state index in [9.17, 15) is 9.59 Å². The summed E-state index contributed by atoms with van der Waals surface area (Å²) in [5.74, 6) is 2.79. The number of amides is 2. The van der Waals surface area contributed by atoms with E-state index in [0.717, 1.165) is 94.0 Å². The standard InChI is InChI=1S/C61H65NO4S4/c1-6-11-14-15-22-33-62-60(63)53-52-54(66-55(53)61(62)64)59(70-56(52)41-27-20-17-21-28-41)49-37-45-51(47-32-30-43(67-47)35-39(10-5)24-13-8-3)58-44(36-48(68-58)40-25-18-16-19-26-40)50(57(45)69-49)46-31-29-42(65-46)34-38(9-4)23-12-7-2/h16-21,25-32,36-39H,6-15,22-24,33-35H2,1-5H3. The molecule has 0 radical (unpaired) electrons. The lowest BCUT2D eigenvalue weighted by atomic mass is 9.95. The van der Waals surface area contributed by atoms with Crippen LogP contribution in [-0.2, 0) is 12.8 Å². The first-order chi connectivity index (χ1) is 34.3. The Morgan fingerprint density at radius 3 is 1.89 bits per heavy atom. The van der Waals surface area contributed by atoms with Crippen LogP contribution in [0.25, 0.3) is 83.5 Å². The first-order valence-corrected chi connectivity index (χ1v) is 29.4. The SMILES string of the molecule is CCCCCCCN1C(=O)c2oc3c(-c4cc5c(-c6ccc(CC(CC)CCCC)s6)c6sc(-c7ccccc7)cc6c(-c6ccc(CC(CC)CCCC)o6)c5s4)sc(-c4ccccc4)c3c2C1=O. The van der Waals surface area contributed by atoms with E-state index < -0.39 is 0 Å². The number of nitrogens with zero attached hydrogens (tertiary/aromatic N) is 1. The van der Waals surface area contributed by atoms with Gasteiger partial charge in [0, 0.05) is 68.7 Å². The molecule has 0 aliphatic carbocycles. The number of fused-ring (bicyclic) bond motifs is 5. The summed E-state index contributed by atoms with van der Waals surface area (Å²) in [4.78, 5) is 36.9. The highest BCUT2D eigenvalue weighted by Gasteiger charge is 2.43. The average Bonchev–Trinajstić information content (AvgIpc) is 4.27. The molecule has 0 saturated carbocycles. The van der Waals surface area contributed by atoms with Crippen molar-refractivity contribution < 1.29 is 18.4 Å². The zero-order valence-electron chi connectivity index (χ0n) is 41.4. The quantitative estimate of drug-likeness (QED) is 0.0473. The number of carbonyl (C=O) groups is 2. The van der Waals surface area contributed by atoms with Crippen LogP contribution in [0.2, 0.25) is 0 Å². The summed E-state index contributed by atoms with van der Waals surface area (Å²) in [5, 5.41) is 3.14. The van der Waals surface area contributed by atoms with E-state index >= 15 is 0 Å². The van der Waals surface area contributed by atoms with Gasteiger partial charge in [-0.15, -0.1) is 45.3 Å². The van der Waals surface area contributed by atoms with Crippen molar-refractivity contribution in [1.29, 1.82) is 0 Å². The summed E-state index contributed by atoms with van der Waals surface area (Å²) in [6.45, 7) is 11.8. The van der Waals surface area contributed by atoms with Gasteiger partial charge in [-0.1, -0.05) is 172 Å². The van der Waals surface area contributed by atoms with Crippen molar-refractivity contribution in [2.24, 2.45) is 11.8 Å². The summed E-state index contributed by atoms with van der Waals surface area (Å²) in [6.07, 6.45) is 16.9. The maximum Gasteiger partial charge on any atom is 0.297 e. The minimum absolute atomic E-state index is 0.175. The molecule has 6 aromatic heterocycles. The van der Waals surface area contributed by atoms with E-state index in [0.29, 0.717) is 29.5 Å². The zero-order valence-corrected chi connectivity index (χ0v) is 44.7. The Kier molecular flexibility index (Phi) is 15.1. The molecule has 0 bridgehead atoms. The second-order valence-corrected chi connectivity index (χ2v) is 23.7. The second kappa shape index (κ2) is 21.7. The molecule has 0 saturated heterocycles. The van der Waals surface area contributed by atoms with Crippen molar-refractivity contribution >= 4 is 88.3 Å². The molecule has 9 heteroatoms. The van der Waals surface area contributed by atoms with E-state index in [2.05, 4.69) is 113 Å². The Morgan fingerprint density at radius 1 is 0.529 bits per heavy atom. The van der Waals surface area contributed by atoms with Crippen molar-refractivity contribution in [3.8, 4) is 52.4 Å². The van der Waals surface area contributed by atoms with E-state index in [1.165, 1.54) is 95.8 Å². The lowest BCUT2D eigenvalue weighted by Crippen LogP contribution is -2.30. The van der Waals surface area contributed by atoms with Crippen LogP contribution < -0.4 is 0 Å². The van der Waals surface area contributed by atoms with Gasteiger partial charge in [-0.3, -0.25) is 14.5 Å². The molecule has 3 aromatic carbocycles. The van der Waals surface area contributed by atoms with Gasteiger partial charge in [-0.25, -0.2) is 0 Å². The molecule has 9 aromatic rings. The molecule has 2 atom stereocenters. The van der Waals surface area contributed by atoms with Crippen LogP contribution in [0.4, 0.5) is 0 Å². The number of hydrogen-bond donors (Lipinski definition) is 0. The van der Waals surface area contributed by atoms with Crippen LogP contribution in [0.5, 0.6) is 0 Å². The Morgan fingerprint density at radius 2 is 1.17 bits per heavy atom. The molecule has 1 aliphatic heterocycles. The number of carbonyl (C=O) groups excluding carboxylic acids is 2. The molecule has 0 fully saturated rings. The van der Waals surface area contributed by atoms with Gasteiger partial charge in [0.15, 0.2) is 5.58 Å². The number of furan rings is 2. The first-order valence-electron chi connectivity index (χ1n) is 26.1. The zero-order chi connectivity index (χ0) is 48.3. The van der Waals surface area contributed by atoms with Crippen LogP contribution in [0, 0.1) is 11.8 Å². The minimum Gasteiger partial charge on any atom is -0.461 e. The van der Waals surface area contributed by atoms with E-state index in [-0.39, 0.29) is 17.6 Å². The Balaban J connectivity index is 1.18. The van der Waals surface area contributed by atoms with E-state index in [4.69, 9.17) is 8.83 Å². The molecule has 1 aliphatic rings. The Labute approximate surface area is 429 Å². The van der Waals surface area contributed by atoms with E-state index in [1.807, 2.05) is 40.9 Å². The van der Waals surface area contributed by atoms with Crippen LogP contribution in [0.3, 0.4) is 0 Å². The molecule has 5 nitrogen and oxygen atoms in total. The molecule has 0 N–H and O–H groups in total. The smallest absolute Gasteiger partial charge is 0.297 e. The molecule has 2 amide bonds. The molecule has 362 valence electrons. The van der Waals surface area contributed by atoms with Gasteiger partial charge in [0.25, 0.3) is 11.8 Å². The van der Waals surface area contributed by atoms with Crippen LogP contribution in [-0.4, -0.2) is 23.3 Å². The average molecular weight is 1000 g/mol. The Bertz CT molecular complexity index is 3140. The van der Waals surface area contributed by atoms with Crippen molar-refractivity contribution in [2.75, 3.05) is 6.54 Å². The summed E-state index contributed by atoms with van der Waals surface area (Å²) in [5.41, 5.74) is 5.63. The molecule has 7 heterocycles. The monoisotopic (exact) mass is 1000 g/mol. The van der Waals surface area contributed by atoms with E-state index in [1.54, 1.807) is 22.7 Å². The fraction of sp³-hybridized carbons (Fsp3) is 0.377. The lowest BCUT2D eigenvalue weighted by molar-refractivity contribution is 0.0640. The number of rotatable bonds is 23. The lowest BCUT2D eigenvalue weighted by Gasteiger charge is -2.13. The number of thiophene rings is 4. The van der Waals surface area contributed by atoms with Gasteiger partial charge in [0.1, 0.15) is 17.1 Å². The first kappa shape index (κ1) is 48.6. The van der Waals surface area contributed by atoms with Gasteiger partial charge >= 0.3 is 0 Å². The predicted octanol–water partition coefficient (Wildman–Crippen LogP) is 20.0. The third-order valence-corrected chi connectivity index (χ3v) is 19.5. The van der Waals surface area contributed by atoms with Crippen LogP contribution in [0.15, 0.2) is 106 Å². The summed E-state index contributed by atoms with van der Waals surface area (Å²) < 4.78 is 16.2. The fourth-order valence-electron chi connectivity index (χ4n) is 10.6. The van der Waals surface area contributed by atoms with Gasteiger partial charge in [0.05, 0.1) is 10.3 Å². The summed E-state index contributed by atoms with van der Waals surface area (Å²) in [7, 11) is 0. The summed E-state index contributed by atoms with van der Waals surface area (Å²) >= 11 is 7.26. The van der Waals surface area contributed by atoms with Crippen molar-refractivity contribution in [3.05, 3.63) is 119 Å². The number of hydrogen-bond acceptors (Lipinski definition) is 8. The second-order valence-electron chi connectivity index (χ2n) is 19.4. The predicted molar refractivity (Wildman–Crippen MR) is 300 cm³/mol. The van der Waals surface area contributed by atoms with Gasteiger partial charge in [-0.2, -0.15) is 0 Å². The van der Waals surface area contributed by atoms with Gasteiger partial charge < -0.3 is 8.83 Å². The normalized spacial score (nSPS) is 13.8. The number of benzene rings is 3. The van der Waals surface area contributed by atoms with Gasteiger partial charge in [-0.05, 0) is 72.2 Å². The number of imide groups is 1. The van der Waals surface area contributed by atoms with Gasteiger partial charge in [0.2, 0.25) is 5.76 Å². The van der Waals surface area contributed by atoms with Crippen LogP contribution in [0.1, 0.15) is 150 Å². The highest BCUT2D eigenvalue weighted by molar-refractivity contribution is 7.29. The topological polar surface area (TPSA) is 63.7 Å². The van der Waals surface area contributed by atoms with Crippen LogP contribution >= 0.6 is 45.3 Å². The molecular formula is C61H65NO4S4. The number of unbranched alkanes of at least 4 members (excludes halogenated alkanes) is 6. The Hall–Kier alpha value is -5.06.